The number of rotatable bonds is 7. The molecule has 1 atom stereocenters. The zero-order valence-electron chi connectivity index (χ0n) is 8.88. The SMILES string of the molecule is CCCC1(CNCC(N)C(N)=O)CC1. The number of amides is 1. The Hall–Kier alpha value is -0.610. The van der Waals surface area contributed by atoms with Crippen molar-refractivity contribution in [3.63, 3.8) is 0 Å². The molecule has 82 valence electrons. The molecule has 0 radical (unpaired) electrons. The maximum atomic E-state index is 10.7. The van der Waals surface area contributed by atoms with Gasteiger partial charge in [0, 0.05) is 13.1 Å². The molecule has 1 amide bonds. The van der Waals surface area contributed by atoms with Gasteiger partial charge < -0.3 is 16.8 Å². The highest BCUT2D eigenvalue weighted by molar-refractivity contribution is 5.79. The van der Waals surface area contributed by atoms with Gasteiger partial charge in [0.1, 0.15) is 0 Å². The largest absolute Gasteiger partial charge is 0.368 e. The maximum absolute atomic E-state index is 10.7. The van der Waals surface area contributed by atoms with Crippen LogP contribution in [-0.2, 0) is 4.79 Å². The van der Waals surface area contributed by atoms with Crippen LogP contribution in [0.4, 0.5) is 0 Å². The molecule has 1 unspecified atom stereocenters. The fourth-order valence-corrected chi connectivity index (χ4v) is 1.82. The highest BCUT2D eigenvalue weighted by Crippen LogP contribution is 2.48. The Morgan fingerprint density at radius 2 is 2.21 bits per heavy atom. The molecule has 14 heavy (non-hydrogen) atoms. The summed E-state index contributed by atoms with van der Waals surface area (Å²) in [4.78, 5) is 10.7. The Kier molecular flexibility index (Phi) is 3.89. The molecule has 1 aliphatic carbocycles. The zero-order chi connectivity index (χ0) is 10.6. The van der Waals surface area contributed by atoms with Crippen LogP contribution in [0.1, 0.15) is 32.6 Å². The van der Waals surface area contributed by atoms with Crippen molar-refractivity contribution in [2.75, 3.05) is 13.1 Å². The molecule has 1 fully saturated rings. The lowest BCUT2D eigenvalue weighted by Crippen LogP contribution is -2.45. The van der Waals surface area contributed by atoms with E-state index < -0.39 is 11.9 Å². The minimum Gasteiger partial charge on any atom is -0.368 e. The number of carbonyl (C=O) groups excluding carboxylic acids is 1. The molecule has 0 aliphatic heterocycles. The fourth-order valence-electron chi connectivity index (χ4n) is 1.82. The first kappa shape index (κ1) is 11.5. The first-order valence-electron chi connectivity index (χ1n) is 5.35. The second-order valence-corrected chi connectivity index (χ2v) is 4.39. The Morgan fingerprint density at radius 3 is 2.64 bits per heavy atom. The monoisotopic (exact) mass is 199 g/mol. The minimum atomic E-state index is -0.549. The number of nitrogens with two attached hydrogens (primary N) is 2. The molecule has 5 N–H and O–H groups in total. The second kappa shape index (κ2) is 4.75. The third-order valence-electron chi connectivity index (χ3n) is 2.97. The van der Waals surface area contributed by atoms with Gasteiger partial charge in [0.25, 0.3) is 0 Å². The quantitative estimate of drug-likeness (QED) is 0.538. The van der Waals surface area contributed by atoms with Crippen molar-refractivity contribution < 1.29 is 4.79 Å². The summed E-state index contributed by atoms with van der Waals surface area (Å²) in [6.45, 7) is 3.68. The Bertz CT molecular complexity index is 202. The van der Waals surface area contributed by atoms with Crippen LogP contribution in [0.5, 0.6) is 0 Å². The van der Waals surface area contributed by atoms with Crippen molar-refractivity contribution in [2.45, 2.75) is 38.6 Å². The molecule has 1 rings (SSSR count). The highest BCUT2D eigenvalue weighted by Gasteiger charge is 2.40. The molecule has 4 heteroatoms. The molecule has 1 saturated carbocycles. The molecule has 0 aromatic rings. The number of hydrogen-bond donors (Lipinski definition) is 3. The number of carbonyl (C=O) groups is 1. The van der Waals surface area contributed by atoms with Gasteiger partial charge in [-0.25, -0.2) is 0 Å². The van der Waals surface area contributed by atoms with E-state index in [1.807, 2.05) is 0 Å². The molecule has 0 saturated heterocycles. The van der Waals surface area contributed by atoms with Gasteiger partial charge in [-0.05, 0) is 24.7 Å². The Labute approximate surface area is 85.4 Å². The van der Waals surface area contributed by atoms with Crippen LogP contribution in [0, 0.1) is 5.41 Å². The van der Waals surface area contributed by atoms with Crippen LogP contribution < -0.4 is 16.8 Å². The Balaban J connectivity index is 2.12. The van der Waals surface area contributed by atoms with Crippen molar-refractivity contribution in [1.29, 1.82) is 0 Å². The molecular weight excluding hydrogens is 178 g/mol. The van der Waals surface area contributed by atoms with Crippen molar-refractivity contribution in [3.05, 3.63) is 0 Å². The summed E-state index contributed by atoms with van der Waals surface area (Å²) in [6, 6.07) is -0.549. The third-order valence-corrected chi connectivity index (χ3v) is 2.97. The maximum Gasteiger partial charge on any atom is 0.235 e. The van der Waals surface area contributed by atoms with Gasteiger partial charge in [-0.15, -0.1) is 0 Å². The van der Waals surface area contributed by atoms with Crippen molar-refractivity contribution in [2.24, 2.45) is 16.9 Å². The molecule has 0 heterocycles. The lowest BCUT2D eigenvalue weighted by molar-refractivity contribution is -0.119. The predicted octanol–water partition coefficient (Wildman–Crippen LogP) is -0.0311. The topological polar surface area (TPSA) is 81.1 Å². The zero-order valence-corrected chi connectivity index (χ0v) is 8.88. The average molecular weight is 199 g/mol. The van der Waals surface area contributed by atoms with Gasteiger partial charge in [-0.3, -0.25) is 4.79 Å². The molecule has 0 aromatic carbocycles. The van der Waals surface area contributed by atoms with Crippen LogP contribution >= 0.6 is 0 Å². The van der Waals surface area contributed by atoms with Gasteiger partial charge in [-0.2, -0.15) is 0 Å². The standard InChI is InChI=1S/C10H21N3O/c1-2-3-10(4-5-10)7-13-6-8(11)9(12)14/h8,13H,2-7,11H2,1H3,(H2,12,14). The van der Waals surface area contributed by atoms with Gasteiger partial charge in [0.2, 0.25) is 5.91 Å². The summed E-state index contributed by atoms with van der Waals surface area (Å²) in [5.41, 5.74) is 11.1. The second-order valence-electron chi connectivity index (χ2n) is 4.39. The van der Waals surface area contributed by atoms with E-state index in [2.05, 4.69) is 12.2 Å². The third kappa shape index (κ3) is 3.27. The van der Waals surface area contributed by atoms with Crippen LogP contribution in [0.15, 0.2) is 0 Å². The van der Waals surface area contributed by atoms with Crippen LogP contribution in [0.25, 0.3) is 0 Å². The van der Waals surface area contributed by atoms with E-state index in [1.165, 1.54) is 25.7 Å². The van der Waals surface area contributed by atoms with Gasteiger partial charge in [0.15, 0.2) is 0 Å². The average Bonchev–Trinajstić information content (AvgIpc) is 2.85. The van der Waals surface area contributed by atoms with Crippen molar-refractivity contribution >= 4 is 5.91 Å². The smallest absolute Gasteiger partial charge is 0.235 e. The summed E-state index contributed by atoms with van der Waals surface area (Å²) < 4.78 is 0. The molecule has 4 nitrogen and oxygen atoms in total. The lowest BCUT2D eigenvalue weighted by atomic mass is 10.0. The summed E-state index contributed by atoms with van der Waals surface area (Å²) in [6.07, 6.45) is 5.11. The first-order chi connectivity index (χ1) is 6.59. The van der Waals surface area contributed by atoms with E-state index in [-0.39, 0.29) is 0 Å². The van der Waals surface area contributed by atoms with Crippen LogP contribution in [0.3, 0.4) is 0 Å². The molecule has 0 spiro atoms. The van der Waals surface area contributed by atoms with E-state index >= 15 is 0 Å². The summed E-state index contributed by atoms with van der Waals surface area (Å²) in [7, 11) is 0. The fraction of sp³-hybridized carbons (Fsp3) is 0.900. The lowest BCUT2D eigenvalue weighted by Gasteiger charge is -2.16. The van der Waals surface area contributed by atoms with Gasteiger partial charge >= 0.3 is 0 Å². The number of primary amides is 1. The van der Waals surface area contributed by atoms with Gasteiger partial charge in [-0.1, -0.05) is 13.3 Å². The molecule has 1 aliphatic rings. The minimum absolute atomic E-state index is 0.433. The van der Waals surface area contributed by atoms with E-state index in [0.29, 0.717) is 12.0 Å². The molecule has 0 bridgehead atoms. The van der Waals surface area contributed by atoms with Crippen LogP contribution in [0.2, 0.25) is 0 Å². The summed E-state index contributed by atoms with van der Waals surface area (Å²) in [5.74, 6) is -0.433. The van der Waals surface area contributed by atoms with E-state index in [0.717, 1.165) is 6.54 Å². The Morgan fingerprint density at radius 1 is 1.57 bits per heavy atom. The number of nitrogens with one attached hydrogen (secondary N) is 1. The normalized spacial score (nSPS) is 20.4. The van der Waals surface area contributed by atoms with E-state index in [9.17, 15) is 4.79 Å². The highest BCUT2D eigenvalue weighted by atomic mass is 16.1. The first-order valence-corrected chi connectivity index (χ1v) is 5.35. The van der Waals surface area contributed by atoms with Crippen molar-refractivity contribution in [1.82, 2.24) is 5.32 Å². The molecular formula is C10H21N3O. The van der Waals surface area contributed by atoms with Crippen LogP contribution in [-0.4, -0.2) is 25.0 Å². The summed E-state index contributed by atoms with van der Waals surface area (Å²) in [5, 5.41) is 3.23. The summed E-state index contributed by atoms with van der Waals surface area (Å²) >= 11 is 0. The van der Waals surface area contributed by atoms with E-state index in [1.54, 1.807) is 0 Å². The molecule has 0 aromatic heterocycles. The predicted molar refractivity (Wildman–Crippen MR) is 56.6 cm³/mol. The van der Waals surface area contributed by atoms with Gasteiger partial charge in [0.05, 0.1) is 6.04 Å². The number of hydrogen-bond acceptors (Lipinski definition) is 3. The van der Waals surface area contributed by atoms with E-state index in [4.69, 9.17) is 11.5 Å². The van der Waals surface area contributed by atoms with Crippen molar-refractivity contribution in [3.8, 4) is 0 Å².